The summed E-state index contributed by atoms with van der Waals surface area (Å²) in [7, 11) is 0. The number of benzene rings is 3. The summed E-state index contributed by atoms with van der Waals surface area (Å²) < 4.78 is 26.4. The van der Waals surface area contributed by atoms with Gasteiger partial charge in [-0.15, -0.1) is 10.2 Å². The van der Waals surface area contributed by atoms with Gasteiger partial charge in [0.25, 0.3) is 0 Å². The summed E-state index contributed by atoms with van der Waals surface area (Å²) in [5.41, 5.74) is 2.50. The molecule has 0 atom stereocenters. The standard InChI is InChI=1S/C25H20FN5O2S/c1-2-32-21-14-8-17(9-15-21)23-27-22(33-30-23)16-34-25-29-28-24(18-6-4-3-5-7-18)31(25)20-12-10-19(26)11-13-20/h3-15H,2,16H2,1H3. The Balaban J connectivity index is 1.39. The van der Waals surface area contributed by atoms with Crippen LogP contribution in [0.3, 0.4) is 0 Å². The van der Waals surface area contributed by atoms with Gasteiger partial charge >= 0.3 is 0 Å². The van der Waals surface area contributed by atoms with Crippen LogP contribution >= 0.6 is 11.8 Å². The lowest BCUT2D eigenvalue weighted by atomic mass is 10.2. The van der Waals surface area contributed by atoms with Gasteiger partial charge < -0.3 is 9.26 Å². The Labute approximate surface area is 199 Å². The zero-order valence-electron chi connectivity index (χ0n) is 18.3. The van der Waals surface area contributed by atoms with E-state index in [1.54, 1.807) is 12.1 Å². The summed E-state index contributed by atoms with van der Waals surface area (Å²) in [6.07, 6.45) is 0. The molecule has 5 rings (SSSR count). The van der Waals surface area contributed by atoms with Gasteiger partial charge in [0.05, 0.1) is 12.4 Å². The maximum atomic E-state index is 13.5. The Bertz CT molecular complexity index is 1370. The first-order chi connectivity index (χ1) is 16.7. The molecule has 3 aromatic carbocycles. The molecular formula is C25H20FN5O2S. The molecule has 170 valence electrons. The third-order valence-corrected chi connectivity index (χ3v) is 5.88. The Morgan fingerprint density at radius 1 is 0.912 bits per heavy atom. The highest BCUT2D eigenvalue weighted by Gasteiger charge is 2.18. The van der Waals surface area contributed by atoms with Crippen LogP contribution < -0.4 is 4.74 Å². The zero-order valence-corrected chi connectivity index (χ0v) is 19.1. The molecule has 0 saturated heterocycles. The SMILES string of the molecule is CCOc1ccc(-c2noc(CSc3nnc(-c4ccccc4)n3-c3ccc(F)cc3)n2)cc1. The Morgan fingerprint density at radius 3 is 2.41 bits per heavy atom. The molecule has 0 aliphatic carbocycles. The minimum absolute atomic E-state index is 0.306. The van der Waals surface area contributed by atoms with E-state index in [0.717, 1.165) is 22.6 Å². The van der Waals surface area contributed by atoms with Gasteiger partial charge in [-0.1, -0.05) is 47.3 Å². The van der Waals surface area contributed by atoms with E-state index in [2.05, 4.69) is 20.3 Å². The number of aromatic nitrogens is 5. The van der Waals surface area contributed by atoms with Gasteiger partial charge in [-0.2, -0.15) is 4.98 Å². The van der Waals surface area contributed by atoms with Crippen molar-refractivity contribution in [2.45, 2.75) is 17.8 Å². The maximum Gasteiger partial charge on any atom is 0.237 e. The number of halogens is 1. The van der Waals surface area contributed by atoms with E-state index in [0.29, 0.717) is 35.1 Å². The minimum Gasteiger partial charge on any atom is -0.494 e. The monoisotopic (exact) mass is 473 g/mol. The summed E-state index contributed by atoms with van der Waals surface area (Å²) in [6, 6.07) is 23.5. The zero-order chi connectivity index (χ0) is 23.3. The van der Waals surface area contributed by atoms with Gasteiger partial charge in [-0.3, -0.25) is 4.57 Å². The lowest BCUT2D eigenvalue weighted by Crippen LogP contribution is -2.00. The fourth-order valence-electron chi connectivity index (χ4n) is 3.38. The van der Waals surface area contributed by atoms with Crippen molar-refractivity contribution in [3.8, 4) is 34.2 Å². The summed E-state index contributed by atoms with van der Waals surface area (Å²) in [5, 5.41) is 13.5. The normalized spacial score (nSPS) is 11.0. The van der Waals surface area contributed by atoms with E-state index < -0.39 is 0 Å². The quantitative estimate of drug-likeness (QED) is 0.263. The molecule has 5 aromatic rings. The highest BCUT2D eigenvalue weighted by atomic mass is 32.2. The largest absolute Gasteiger partial charge is 0.494 e. The number of rotatable bonds is 8. The molecule has 7 nitrogen and oxygen atoms in total. The van der Waals surface area contributed by atoms with Gasteiger partial charge in [0.2, 0.25) is 11.7 Å². The Hall–Kier alpha value is -3.98. The molecule has 9 heteroatoms. The predicted molar refractivity (Wildman–Crippen MR) is 127 cm³/mol. The number of hydrogen-bond donors (Lipinski definition) is 0. The van der Waals surface area contributed by atoms with Crippen LogP contribution in [0.1, 0.15) is 12.8 Å². The fraction of sp³-hybridized carbons (Fsp3) is 0.120. The Kier molecular flexibility index (Phi) is 6.35. The van der Waals surface area contributed by atoms with Crippen molar-refractivity contribution in [1.29, 1.82) is 0 Å². The van der Waals surface area contributed by atoms with Crippen LogP contribution in [0.5, 0.6) is 5.75 Å². The third kappa shape index (κ3) is 4.69. The van der Waals surface area contributed by atoms with Crippen LogP contribution in [0.25, 0.3) is 28.5 Å². The lowest BCUT2D eigenvalue weighted by molar-refractivity contribution is 0.340. The van der Waals surface area contributed by atoms with Crippen molar-refractivity contribution >= 4 is 11.8 Å². The van der Waals surface area contributed by atoms with E-state index in [1.165, 1.54) is 23.9 Å². The van der Waals surface area contributed by atoms with Crippen LogP contribution in [0.15, 0.2) is 88.5 Å². The third-order valence-electron chi connectivity index (χ3n) is 4.97. The first-order valence-electron chi connectivity index (χ1n) is 10.7. The van der Waals surface area contributed by atoms with Crippen molar-refractivity contribution in [2.75, 3.05) is 6.61 Å². The van der Waals surface area contributed by atoms with Crippen LogP contribution in [0.2, 0.25) is 0 Å². The van der Waals surface area contributed by atoms with Crippen LogP contribution in [-0.4, -0.2) is 31.5 Å². The van der Waals surface area contributed by atoms with Gasteiger partial charge in [0, 0.05) is 16.8 Å². The Morgan fingerprint density at radius 2 is 1.68 bits per heavy atom. The first-order valence-corrected chi connectivity index (χ1v) is 11.6. The molecule has 0 fully saturated rings. The second kappa shape index (κ2) is 9.88. The predicted octanol–water partition coefficient (Wildman–Crippen LogP) is 5.81. The van der Waals surface area contributed by atoms with Gasteiger partial charge in [-0.05, 0) is 55.5 Å². The lowest BCUT2D eigenvalue weighted by Gasteiger charge is -2.10. The van der Waals surface area contributed by atoms with Crippen LogP contribution in [-0.2, 0) is 5.75 Å². The fourth-order valence-corrected chi connectivity index (χ4v) is 4.17. The van der Waals surface area contributed by atoms with Gasteiger partial charge in [0.1, 0.15) is 11.6 Å². The molecule has 0 unspecified atom stereocenters. The molecule has 0 aliphatic rings. The van der Waals surface area contributed by atoms with Crippen molar-refractivity contribution in [1.82, 2.24) is 24.9 Å². The molecule has 0 saturated carbocycles. The average molecular weight is 474 g/mol. The van der Waals surface area contributed by atoms with E-state index in [-0.39, 0.29) is 5.82 Å². The van der Waals surface area contributed by atoms with E-state index in [4.69, 9.17) is 9.26 Å². The second-order valence-electron chi connectivity index (χ2n) is 7.24. The number of hydrogen-bond acceptors (Lipinski definition) is 7. The molecule has 2 aromatic heterocycles. The molecule has 2 heterocycles. The molecule has 0 N–H and O–H groups in total. The minimum atomic E-state index is -0.306. The molecule has 0 amide bonds. The summed E-state index contributed by atoms with van der Waals surface area (Å²) >= 11 is 1.41. The van der Waals surface area contributed by atoms with Crippen molar-refractivity contribution < 1.29 is 13.7 Å². The molecule has 0 radical (unpaired) electrons. The molecule has 0 aliphatic heterocycles. The van der Waals surface area contributed by atoms with Crippen molar-refractivity contribution in [3.05, 3.63) is 90.6 Å². The van der Waals surface area contributed by atoms with E-state index in [1.807, 2.05) is 66.1 Å². The smallest absolute Gasteiger partial charge is 0.237 e. The van der Waals surface area contributed by atoms with Crippen molar-refractivity contribution in [3.63, 3.8) is 0 Å². The summed E-state index contributed by atoms with van der Waals surface area (Å²) in [4.78, 5) is 4.50. The second-order valence-corrected chi connectivity index (χ2v) is 8.18. The van der Waals surface area contributed by atoms with E-state index in [9.17, 15) is 4.39 Å². The molecule has 0 bridgehead atoms. The van der Waals surface area contributed by atoms with Gasteiger partial charge in [-0.25, -0.2) is 4.39 Å². The number of thioether (sulfide) groups is 1. The topological polar surface area (TPSA) is 78.9 Å². The number of ether oxygens (including phenoxy) is 1. The molecule has 34 heavy (non-hydrogen) atoms. The van der Waals surface area contributed by atoms with E-state index >= 15 is 0 Å². The summed E-state index contributed by atoms with van der Waals surface area (Å²) in [6.45, 7) is 2.55. The average Bonchev–Trinajstić information content (AvgIpc) is 3.52. The molecular weight excluding hydrogens is 453 g/mol. The van der Waals surface area contributed by atoms with Crippen molar-refractivity contribution in [2.24, 2.45) is 0 Å². The highest BCUT2D eigenvalue weighted by molar-refractivity contribution is 7.98. The van der Waals surface area contributed by atoms with Crippen LogP contribution in [0.4, 0.5) is 4.39 Å². The first kappa shape index (κ1) is 21.8. The summed E-state index contributed by atoms with van der Waals surface area (Å²) in [5.74, 6) is 2.51. The van der Waals surface area contributed by atoms with Gasteiger partial charge in [0.15, 0.2) is 11.0 Å². The number of nitrogens with zero attached hydrogens (tertiary/aromatic N) is 5. The molecule has 0 spiro atoms. The highest BCUT2D eigenvalue weighted by Crippen LogP contribution is 2.30. The maximum absolute atomic E-state index is 13.5. The van der Waals surface area contributed by atoms with Crippen LogP contribution in [0, 0.1) is 5.82 Å².